The van der Waals surface area contributed by atoms with E-state index in [4.69, 9.17) is 14.2 Å². The summed E-state index contributed by atoms with van der Waals surface area (Å²) in [6, 6.07) is 0. The molecule has 5 nitrogen and oxygen atoms in total. The average Bonchev–Trinajstić information content (AvgIpc) is 3.39. The van der Waals surface area contributed by atoms with Gasteiger partial charge < -0.3 is 14.2 Å². The summed E-state index contributed by atoms with van der Waals surface area (Å²) in [5, 5.41) is 0. The summed E-state index contributed by atoms with van der Waals surface area (Å²) < 4.78 is 17.6. The Bertz CT molecular complexity index is 959. The van der Waals surface area contributed by atoms with Crippen molar-refractivity contribution in [2.45, 2.75) is 124 Å². The molecular weight excluding hydrogens is 452 g/mol. The van der Waals surface area contributed by atoms with Crippen LogP contribution in [0.25, 0.3) is 0 Å². The van der Waals surface area contributed by atoms with E-state index in [-0.39, 0.29) is 41.1 Å². The van der Waals surface area contributed by atoms with E-state index in [9.17, 15) is 9.59 Å². The van der Waals surface area contributed by atoms with E-state index in [1.54, 1.807) is 6.92 Å². The predicted octanol–water partition coefficient (Wildman–Crippen LogP) is 6.32. The third kappa shape index (κ3) is 2.99. The van der Waals surface area contributed by atoms with Crippen LogP contribution in [0.1, 0.15) is 106 Å². The Morgan fingerprint density at radius 3 is 2.33 bits per heavy atom. The van der Waals surface area contributed by atoms with Crippen LogP contribution in [0.5, 0.6) is 0 Å². The van der Waals surface area contributed by atoms with E-state index in [2.05, 4.69) is 34.6 Å². The molecule has 0 amide bonds. The summed E-state index contributed by atoms with van der Waals surface area (Å²) in [5.74, 6) is 2.27. The van der Waals surface area contributed by atoms with E-state index in [1.807, 2.05) is 0 Å². The van der Waals surface area contributed by atoms with Crippen molar-refractivity contribution >= 4 is 11.9 Å². The Labute approximate surface area is 217 Å². The first-order chi connectivity index (χ1) is 16.8. The molecule has 0 N–H and O–H groups in total. The lowest BCUT2D eigenvalue weighted by atomic mass is 9.41. The van der Waals surface area contributed by atoms with Crippen molar-refractivity contribution in [3.63, 3.8) is 0 Å². The van der Waals surface area contributed by atoms with Crippen LogP contribution in [0.3, 0.4) is 0 Å². The minimum Gasteiger partial charge on any atom is -0.469 e. The van der Waals surface area contributed by atoms with Crippen LogP contribution in [0, 0.1) is 50.7 Å². The average molecular weight is 501 g/mol. The highest BCUT2D eigenvalue weighted by molar-refractivity contribution is 5.69. The van der Waals surface area contributed by atoms with Crippen LogP contribution in [-0.2, 0) is 23.8 Å². The molecule has 0 aromatic rings. The minimum atomic E-state index is -0.150. The van der Waals surface area contributed by atoms with Crippen molar-refractivity contribution in [1.82, 2.24) is 0 Å². The van der Waals surface area contributed by atoms with Gasteiger partial charge in [0.2, 0.25) is 0 Å². The highest BCUT2D eigenvalue weighted by Crippen LogP contribution is 2.89. The molecule has 1 saturated heterocycles. The second-order valence-corrected chi connectivity index (χ2v) is 15.0. The third-order valence-electron chi connectivity index (χ3n) is 13.6. The van der Waals surface area contributed by atoms with E-state index in [0.29, 0.717) is 40.4 Å². The van der Waals surface area contributed by atoms with Crippen molar-refractivity contribution in [3.05, 3.63) is 0 Å². The van der Waals surface area contributed by atoms with Gasteiger partial charge in [0.15, 0.2) is 0 Å². The van der Waals surface area contributed by atoms with Crippen LogP contribution in [0.4, 0.5) is 0 Å². The molecule has 1 aliphatic heterocycles. The number of ether oxygens (including phenoxy) is 3. The molecule has 11 atom stereocenters. The number of carbonyl (C=O) groups excluding carboxylic acids is 2. The molecule has 5 saturated carbocycles. The normalized spacial score (nSPS) is 54.1. The smallest absolute Gasteiger partial charge is 0.308 e. The number of hydrogen-bond acceptors (Lipinski definition) is 5. The van der Waals surface area contributed by atoms with E-state index < -0.39 is 0 Å². The largest absolute Gasteiger partial charge is 0.469 e. The Morgan fingerprint density at radius 1 is 0.944 bits per heavy atom. The van der Waals surface area contributed by atoms with Gasteiger partial charge in [0.25, 0.3) is 0 Å². The lowest BCUT2D eigenvalue weighted by molar-refractivity contribution is -0.183. The molecule has 0 aromatic carbocycles. The zero-order valence-electron chi connectivity index (χ0n) is 23.7. The maximum Gasteiger partial charge on any atom is 0.308 e. The van der Waals surface area contributed by atoms with Crippen LogP contribution in [0.15, 0.2) is 0 Å². The van der Waals surface area contributed by atoms with Gasteiger partial charge in [-0.3, -0.25) is 9.59 Å². The maximum atomic E-state index is 12.0. The molecule has 6 aliphatic rings. The zero-order valence-corrected chi connectivity index (χ0v) is 23.7. The van der Waals surface area contributed by atoms with Crippen LogP contribution in [-0.4, -0.2) is 37.4 Å². The molecule has 1 heterocycles. The summed E-state index contributed by atoms with van der Waals surface area (Å²) in [5.41, 5.74) is 1.52. The van der Waals surface area contributed by atoms with Gasteiger partial charge in [-0.15, -0.1) is 0 Å². The van der Waals surface area contributed by atoms with Crippen LogP contribution < -0.4 is 0 Å². The first kappa shape index (κ1) is 25.2. The Kier molecular flexibility index (Phi) is 5.41. The molecule has 0 radical (unpaired) electrons. The van der Waals surface area contributed by atoms with E-state index in [1.165, 1.54) is 45.6 Å². The fourth-order valence-corrected chi connectivity index (χ4v) is 12.2. The zero-order chi connectivity index (χ0) is 25.9. The molecule has 5 heteroatoms. The lowest BCUT2D eigenvalue weighted by Crippen LogP contribution is -2.58. The van der Waals surface area contributed by atoms with E-state index >= 15 is 0 Å². The predicted molar refractivity (Wildman–Crippen MR) is 137 cm³/mol. The summed E-state index contributed by atoms with van der Waals surface area (Å²) in [7, 11) is 1.48. The monoisotopic (exact) mass is 500 g/mol. The maximum absolute atomic E-state index is 12.0. The molecule has 36 heavy (non-hydrogen) atoms. The van der Waals surface area contributed by atoms with Crippen molar-refractivity contribution in [1.29, 1.82) is 0 Å². The fourth-order valence-electron chi connectivity index (χ4n) is 12.2. The molecule has 5 aliphatic carbocycles. The van der Waals surface area contributed by atoms with Crippen LogP contribution in [0.2, 0.25) is 0 Å². The molecule has 0 bridgehead atoms. The van der Waals surface area contributed by atoms with Crippen molar-refractivity contribution in [2.75, 3.05) is 7.11 Å². The summed E-state index contributed by atoms with van der Waals surface area (Å²) in [6.45, 7) is 14.0. The van der Waals surface area contributed by atoms with Crippen molar-refractivity contribution in [3.8, 4) is 0 Å². The standard InChI is InChI=1S/C31H48O5/c1-18-14-20(15-25(33)34-7)36-21-16-29(6)23-9-8-22-27(3,4)24(35-19(2)32)10-11-30(22)17-31(23,30)13-12-28(29,5)26(18)21/h18,20-24,26H,8-17H2,1-7H3/t18-,20?,21+,22+,23?,24?,26+,28?,29+,30?,31?/m1/s1. The summed E-state index contributed by atoms with van der Waals surface area (Å²) >= 11 is 0. The Morgan fingerprint density at radius 2 is 1.64 bits per heavy atom. The molecule has 6 fully saturated rings. The third-order valence-corrected chi connectivity index (χ3v) is 13.6. The second-order valence-electron chi connectivity index (χ2n) is 15.0. The number of hydrogen-bond donors (Lipinski definition) is 0. The number of fused-ring (bicyclic) bond motifs is 4. The van der Waals surface area contributed by atoms with E-state index in [0.717, 1.165) is 25.2 Å². The number of methoxy groups -OCH3 is 1. The Balaban J connectivity index is 1.29. The van der Waals surface area contributed by atoms with Gasteiger partial charge in [0, 0.05) is 12.3 Å². The Hall–Kier alpha value is -1.10. The second kappa shape index (κ2) is 7.73. The lowest BCUT2D eigenvalue weighted by Gasteiger charge is -2.63. The SMILES string of the molecule is COC(=O)CC1C[C@@H](C)[C@H]2[C@H](C[C@@]3(C)C4CC[C@H]5C(C)(C)C(OC(C)=O)CCC56CC46CCC23C)O1. The van der Waals surface area contributed by atoms with Gasteiger partial charge in [0.1, 0.15) is 6.10 Å². The first-order valence-corrected chi connectivity index (χ1v) is 14.7. The van der Waals surface area contributed by atoms with Gasteiger partial charge in [0.05, 0.1) is 25.7 Å². The van der Waals surface area contributed by atoms with Gasteiger partial charge in [-0.2, -0.15) is 0 Å². The first-order valence-electron chi connectivity index (χ1n) is 14.7. The van der Waals surface area contributed by atoms with Gasteiger partial charge >= 0.3 is 11.9 Å². The molecule has 6 unspecified atom stereocenters. The fraction of sp³-hybridized carbons (Fsp3) is 0.935. The highest BCUT2D eigenvalue weighted by atomic mass is 16.5. The van der Waals surface area contributed by atoms with Gasteiger partial charge in [-0.05, 0) is 103 Å². The molecule has 6 rings (SSSR count). The summed E-state index contributed by atoms with van der Waals surface area (Å²) in [4.78, 5) is 23.9. The van der Waals surface area contributed by atoms with Gasteiger partial charge in [-0.25, -0.2) is 0 Å². The molecular formula is C31H48O5. The van der Waals surface area contributed by atoms with Crippen molar-refractivity contribution < 1.29 is 23.8 Å². The van der Waals surface area contributed by atoms with Crippen LogP contribution >= 0.6 is 0 Å². The quantitative estimate of drug-likeness (QED) is 0.424. The number of rotatable bonds is 3. The number of carbonyl (C=O) groups is 2. The highest BCUT2D eigenvalue weighted by Gasteiger charge is 2.83. The van der Waals surface area contributed by atoms with Gasteiger partial charge in [-0.1, -0.05) is 34.6 Å². The topological polar surface area (TPSA) is 61.8 Å². The van der Waals surface area contributed by atoms with Crippen molar-refractivity contribution in [2.24, 2.45) is 50.7 Å². The molecule has 202 valence electrons. The summed E-state index contributed by atoms with van der Waals surface area (Å²) in [6.07, 6.45) is 11.7. The minimum absolute atomic E-state index is 0.00429. The molecule has 2 spiro atoms. The molecule has 0 aromatic heterocycles. The number of esters is 2.